The van der Waals surface area contributed by atoms with Gasteiger partial charge in [-0.2, -0.15) is 11.8 Å². The average molecular weight is 266 g/mol. The van der Waals surface area contributed by atoms with Crippen LogP contribution < -0.4 is 10.6 Å². The molecule has 0 aliphatic heterocycles. The number of rotatable bonds is 6. The summed E-state index contributed by atoms with van der Waals surface area (Å²) in [6.07, 6.45) is 2.36. The summed E-state index contributed by atoms with van der Waals surface area (Å²) >= 11 is 1.61. The van der Waals surface area contributed by atoms with Crippen LogP contribution in [0.2, 0.25) is 0 Å². The van der Waals surface area contributed by atoms with Crippen molar-refractivity contribution in [3.05, 3.63) is 35.9 Å². The lowest BCUT2D eigenvalue weighted by molar-refractivity contribution is -0.128. The van der Waals surface area contributed by atoms with E-state index >= 15 is 0 Å². The molecule has 18 heavy (non-hydrogen) atoms. The molecular formula is C13H18N2O2S. The van der Waals surface area contributed by atoms with Crippen LogP contribution in [0.4, 0.5) is 0 Å². The normalized spacial score (nSPS) is 11.7. The van der Waals surface area contributed by atoms with Crippen LogP contribution >= 0.6 is 11.8 Å². The first-order chi connectivity index (χ1) is 8.69. The molecule has 1 aromatic rings. The summed E-state index contributed by atoms with van der Waals surface area (Å²) in [5.41, 5.74) is 0.786. The lowest BCUT2D eigenvalue weighted by Gasteiger charge is -2.17. The highest BCUT2D eigenvalue weighted by Gasteiger charge is 2.20. The van der Waals surface area contributed by atoms with Crippen molar-refractivity contribution in [2.75, 3.05) is 19.1 Å². The molecule has 0 bridgehead atoms. The van der Waals surface area contributed by atoms with Gasteiger partial charge < -0.3 is 10.6 Å². The Morgan fingerprint density at radius 3 is 2.50 bits per heavy atom. The number of hydrogen-bond donors (Lipinski definition) is 2. The van der Waals surface area contributed by atoms with Gasteiger partial charge in [-0.15, -0.1) is 0 Å². The number of amides is 2. The van der Waals surface area contributed by atoms with E-state index in [1.54, 1.807) is 18.8 Å². The van der Waals surface area contributed by atoms with Crippen molar-refractivity contribution in [3.8, 4) is 0 Å². The number of hydrogen-bond acceptors (Lipinski definition) is 3. The summed E-state index contributed by atoms with van der Waals surface area (Å²) in [6, 6.07) is 8.60. The molecule has 0 spiro atoms. The van der Waals surface area contributed by atoms with E-state index in [1.165, 1.54) is 0 Å². The van der Waals surface area contributed by atoms with Crippen molar-refractivity contribution in [2.24, 2.45) is 0 Å². The maximum Gasteiger partial charge on any atom is 0.246 e. The quantitative estimate of drug-likeness (QED) is 0.817. The highest BCUT2D eigenvalue weighted by atomic mass is 32.2. The summed E-state index contributed by atoms with van der Waals surface area (Å²) in [6.45, 7) is 0. The molecule has 1 atom stereocenters. The molecule has 98 valence electrons. The zero-order valence-corrected chi connectivity index (χ0v) is 11.4. The van der Waals surface area contributed by atoms with Crippen molar-refractivity contribution in [1.29, 1.82) is 0 Å². The molecule has 0 fully saturated rings. The van der Waals surface area contributed by atoms with E-state index in [-0.39, 0.29) is 11.8 Å². The van der Waals surface area contributed by atoms with E-state index in [0.29, 0.717) is 6.42 Å². The Bertz CT molecular complexity index is 395. The standard InChI is InChI=1S/C13H18N2O2S/c1-14-13(17)12(10-6-4-3-5-7-10)15-11(16)8-9-18-2/h3-7,12H,8-9H2,1-2H3,(H,14,17)(H,15,16)/t12-/m1/s1. The maximum atomic E-state index is 11.8. The van der Waals surface area contributed by atoms with Crippen molar-refractivity contribution in [2.45, 2.75) is 12.5 Å². The Labute approximate surface area is 112 Å². The average Bonchev–Trinajstić information content (AvgIpc) is 2.42. The van der Waals surface area contributed by atoms with Crippen LogP contribution in [0.15, 0.2) is 30.3 Å². The third-order valence-electron chi connectivity index (χ3n) is 2.48. The lowest BCUT2D eigenvalue weighted by atomic mass is 10.1. The number of likely N-dealkylation sites (N-methyl/N-ethyl adjacent to an activating group) is 1. The van der Waals surface area contributed by atoms with Gasteiger partial charge in [0.1, 0.15) is 6.04 Å². The molecular weight excluding hydrogens is 248 g/mol. The molecule has 0 saturated carbocycles. The number of benzene rings is 1. The van der Waals surface area contributed by atoms with Crippen molar-refractivity contribution < 1.29 is 9.59 Å². The Morgan fingerprint density at radius 1 is 1.28 bits per heavy atom. The number of thioether (sulfide) groups is 1. The summed E-state index contributed by atoms with van der Waals surface area (Å²) in [4.78, 5) is 23.5. The second-order valence-corrected chi connectivity index (χ2v) is 4.75. The van der Waals surface area contributed by atoms with Crippen LogP contribution in [-0.4, -0.2) is 30.9 Å². The molecule has 1 rings (SSSR count). The molecule has 5 heteroatoms. The summed E-state index contributed by atoms with van der Waals surface area (Å²) < 4.78 is 0. The predicted octanol–water partition coefficient (Wildman–Crippen LogP) is 1.34. The molecule has 0 aliphatic rings. The van der Waals surface area contributed by atoms with E-state index in [0.717, 1.165) is 11.3 Å². The zero-order chi connectivity index (χ0) is 13.4. The predicted molar refractivity (Wildman–Crippen MR) is 74.4 cm³/mol. The summed E-state index contributed by atoms with van der Waals surface area (Å²) in [5, 5.41) is 5.32. The van der Waals surface area contributed by atoms with Crippen LogP contribution in [0.3, 0.4) is 0 Å². The maximum absolute atomic E-state index is 11.8. The minimum absolute atomic E-state index is 0.109. The number of nitrogens with one attached hydrogen (secondary N) is 2. The largest absolute Gasteiger partial charge is 0.357 e. The van der Waals surface area contributed by atoms with Gasteiger partial charge in [0.25, 0.3) is 0 Å². The van der Waals surface area contributed by atoms with Gasteiger partial charge in [0, 0.05) is 19.2 Å². The number of carbonyl (C=O) groups is 2. The molecule has 2 N–H and O–H groups in total. The topological polar surface area (TPSA) is 58.2 Å². The molecule has 1 aromatic carbocycles. The van der Waals surface area contributed by atoms with Crippen molar-refractivity contribution in [3.63, 3.8) is 0 Å². The minimum Gasteiger partial charge on any atom is -0.357 e. The van der Waals surface area contributed by atoms with Crippen LogP contribution in [0.25, 0.3) is 0 Å². The van der Waals surface area contributed by atoms with Gasteiger partial charge in [-0.3, -0.25) is 9.59 Å². The van der Waals surface area contributed by atoms with Crippen molar-refractivity contribution in [1.82, 2.24) is 10.6 Å². The van der Waals surface area contributed by atoms with Crippen molar-refractivity contribution >= 4 is 23.6 Å². The summed E-state index contributed by atoms with van der Waals surface area (Å²) in [5.74, 6) is 0.432. The fourth-order valence-electron chi connectivity index (χ4n) is 1.52. The van der Waals surface area contributed by atoms with Gasteiger partial charge in [-0.05, 0) is 11.8 Å². The smallest absolute Gasteiger partial charge is 0.246 e. The van der Waals surface area contributed by atoms with Crippen LogP contribution in [0, 0.1) is 0 Å². The lowest BCUT2D eigenvalue weighted by Crippen LogP contribution is -2.39. The highest BCUT2D eigenvalue weighted by molar-refractivity contribution is 7.98. The molecule has 0 aromatic heterocycles. The monoisotopic (exact) mass is 266 g/mol. The van der Waals surface area contributed by atoms with Gasteiger partial charge >= 0.3 is 0 Å². The van der Waals surface area contributed by atoms with Crippen LogP contribution in [0.1, 0.15) is 18.0 Å². The third kappa shape index (κ3) is 4.41. The molecule has 2 amide bonds. The van der Waals surface area contributed by atoms with E-state index < -0.39 is 6.04 Å². The van der Waals surface area contributed by atoms with E-state index in [4.69, 9.17) is 0 Å². The minimum atomic E-state index is -0.620. The first kappa shape index (κ1) is 14.6. The Morgan fingerprint density at radius 2 is 1.94 bits per heavy atom. The van der Waals surface area contributed by atoms with Crippen LogP contribution in [0.5, 0.6) is 0 Å². The highest BCUT2D eigenvalue weighted by Crippen LogP contribution is 2.13. The van der Waals surface area contributed by atoms with Crippen LogP contribution in [-0.2, 0) is 9.59 Å². The Hall–Kier alpha value is -1.49. The zero-order valence-electron chi connectivity index (χ0n) is 10.6. The van der Waals surface area contributed by atoms with Gasteiger partial charge in [0.15, 0.2) is 0 Å². The van der Waals surface area contributed by atoms with Gasteiger partial charge in [-0.25, -0.2) is 0 Å². The molecule has 0 heterocycles. The fraction of sp³-hybridized carbons (Fsp3) is 0.385. The number of carbonyl (C=O) groups excluding carboxylic acids is 2. The fourth-order valence-corrected chi connectivity index (χ4v) is 1.91. The van der Waals surface area contributed by atoms with E-state index in [1.807, 2.05) is 36.6 Å². The molecule has 0 unspecified atom stereocenters. The third-order valence-corrected chi connectivity index (χ3v) is 3.09. The SMILES string of the molecule is CNC(=O)[C@H](NC(=O)CCSC)c1ccccc1. The van der Waals surface area contributed by atoms with Gasteiger partial charge in [0.05, 0.1) is 0 Å². The molecule has 0 radical (unpaired) electrons. The Balaban J connectivity index is 2.74. The summed E-state index contributed by atoms with van der Waals surface area (Å²) in [7, 11) is 1.56. The molecule has 0 saturated heterocycles. The molecule has 0 aliphatic carbocycles. The van der Waals surface area contributed by atoms with E-state index in [9.17, 15) is 9.59 Å². The molecule has 4 nitrogen and oxygen atoms in total. The second-order valence-electron chi connectivity index (χ2n) is 3.77. The van der Waals surface area contributed by atoms with Gasteiger partial charge in [-0.1, -0.05) is 30.3 Å². The van der Waals surface area contributed by atoms with Gasteiger partial charge in [0.2, 0.25) is 11.8 Å². The van der Waals surface area contributed by atoms with E-state index in [2.05, 4.69) is 10.6 Å². The Kier molecular flexibility index (Phi) is 6.28. The first-order valence-corrected chi connectivity index (χ1v) is 7.13. The second kappa shape index (κ2) is 7.76. The first-order valence-electron chi connectivity index (χ1n) is 5.74.